The van der Waals surface area contributed by atoms with E-state index in [9.17, 15) is 32.9 Å². The van der Waals surface area contributed by atoms with Crippen LogP contribution in [-0.4, -0.2) is 27.5 Å². The third kappa shape index (κ3) is 6.04. The fourth-order valence-corrected chi connectivity index (χ4v) is 3.79. The number of rotatable bonds is 7. The van der Waals surface area contributed by atoms with E-state index in [-0.39, 0.29) is 16.6 Å². The number of nitrogens with zero attached hydrogens (tertiary/aromatic N) is 2. The quantitative estimate of drug-likeness (QED) is 0.277. The van der Waals surface area contributed by atoms with E-state index in [1.54, 1.807) is 11.6 Å². The minimum absolute atomic E-state index is 0.0626. The van der Waals surface area contributed by atoms with E-state index in [4.69, 9.17) is 0 Å². The molecule has 0 fully saturated rings. The van der Waals surface area contributed by atoms with Gasteiger partial charge >= 0.3 is 6.18 Å². The first kappa shape index (κ1) is 23.2. The Labute approximate surface area is 187 Å². The van der Waals surface area contributed by atoms with Gasteiger partial charge in [-0.3, -0.25) is 25.0 Å². The number of hydrogen-bond acceptors (Lipinski definition) is 7. The number of nitrogens with one attached hydrogen (secondary N) is 2. The van der Waals surface area contributed by atoms with Crippen LogP contribution in [0.2, 0.25) is 0 Å². The van der Waals surface area contributed by atoms with Crippen LogP contribution in [0, 0.1) is 10.1 Å². The van der Waals surface area contributed by atoms with E-state index in [1.165, 1.54) is 35.6 Å². The van der Waals surface area contributed by atoms with Gasteiger partial charge < -0.3 is 5.32 Å². The van der Waals surface area contributed by atoms with Crippen molar-refractivity contribution in [3.8, 4) is 0 Å². The summed E-state index contributed by atoms with van der Waals surface area (Å²) in [7, 11) is 0. The molecule has 0 aliphatic rings. The van der Waals surface area contributed by atoms with Crippen LogP contribution in [0.1, 0.15) is 15.9 Å². The Hall–Kier alpha value is -3.45. The van der Waals surface area contributed by atoms with Crippen molar-refractivity contribution >= 4 is 51.4 Å². The zero-order valence-electron chi connectivity index (χ0n) is 15.9. The van der Waals surface area contributed by atoms with Crippen LogP contribution in [0.4, 0.5) is 29.7 Å². The number of amides is 2. The molecule has 0 saturated heterocycles. The van der Waals surface area contributed by atoms with Crippen LogP contribution in [-0.2, 0) is 11.0 Å². The van der Waals surface area contributed by atoms with Crippen LogP contribution >= 0.6 is 23.1 Å². The molecule has 3 aromatic rings. The highest BCUT2D eigenvalue weighted by molar-refractivity contribution is 8.00. The summed E-state index contributed by atoms with van der Waals surface area (Å²) < 4.78 is 38.3. The second kappa shape index (κ2) is 9.78. The number of nitro benzene ring substituents is 1. The minimum Gasteiger partial charge on any atom is -0.325 e. The van der Waals surface area contributed by atoms with Crippen LogP contribution in [0.25, 0.3) is 0 Å². The normalized spacial score (nSPS) is 11.1. The number of benzene rings is 2. The average molecular weight is 482 g/mol. The van der Waals surface area contributed by atoms with Crippen LogP contribution in [0.5, 0.6) is 0 Å². The average Bonchev–Trinajstić information content (AvgIpc) is 3.25. The highest BCUT2D eigenvalue weighted by Gasteiger charge is 2.33. The van der Waals surface area contributed by atoms with Crippen molar-refractivity contribution in [1.82, 2.24) is 4.98 Å². The van der Waals surface area contributed by atoms with Gasteiger partial charge in [0.05, 0.1) is 21.1 Å². The molecule has 32 heavy (non-hydrogen) atoms. The monoisotopic (exact) mass is 482 g/mol. The van der Waals surface area contributed by atoms with Gasteiger partial charge in [-0.05, 0) is 36.4 Å². The second-order valence-corrected chi connectivity index (χ2v) is 8.05. The van der Waals surface area contributed by atoms with E-state index in [1.807, 2.05) is 0 Å². The highest BCUT2D eigenvalue weighted by Crippen LogP contribution is 2.36. The maximum atomic E-state index is 12.8. The second-order valence-electron chi connectivity index (χ2n) is 6.14. The van der Waals surface area contributed by atoms with Crippen LogP contribution in [0.15, 0.2) is 58.9 Å². The maximum Gasteiger partial charge on any atom is 0.416 e. The van der Waals surface area contributed by atoms with Crippen LogP contribution < -0.4 is 10.6 Å². The van der Waals surface area contributed by atoms with Gasteiger partial charge in [-0.15, -0.1) is 23.1 Å². The Balaban J connectivity index is 1.59. The van der Waals surface area contributed by atoms with Gasteiger partial charge in [0.1, 0.15) is 0 Å². The van der Waals surface area contributed by atoms with Gasteiger partial charge in [0.2, 0.25) is 5.91 Å². The van der Waals surface area contributed by atoms with Crippen molar-refractivity contribution in [3.05, 3.63) is 75.3 Å². The Bertz CT molecular complexity index is 1140. The molecule has 2 N–H and O–H groups in total. The Kier molecular flexibility index (Phi) is 7.10. The van der Waals surface area contributed by atoms with E-state index in [0.29, 0.717) is 22.4 Å². The molecule has 0 spiro atoms. The molecule has 8 nitrogen and oxygen atoms in total. The standard InChI is InChI=1S/C19H13F3N4O4S2/c20-19(21,22)12-3-6-15(14(9-12)26(29)30)32-10-16(27)24-13-4-1-11(2-5-13)17(28)25-18-23-7-8-31-18/h1-9H,10H2,(H,24,27)(H,23,25,28). The number of nitro groups is 1. The van der Waals surface area contributed by atoms with Crippen molar-refractivity contribution in [2.45, 2.75) is 11.1 Å². The molecule has 1 heterocycles. The molecule has 166 valence electrons. The first-order chi connectivity index (χ1) is 15.1. The zero-order chi connectivity index (χ0) is 23.3. The Morgan fingerprint density at radius 2 is 1.84 bits per heavy atom. The van der Waals surface area contributed by atoms with E-state index in [2.05, 4.69) is 15.6 Å². The zero-order valence-corrected chi connectivity index (χ0v) is 17.5. The maximum absolute atomic E-state index is 12.8. The molecule has 1 aromatic heterocycles. The fraction of sp³-hybridized carbons (Fsp3) is 0.105. The molecule has 2 amide bonds. The number of alkyl halides is 3. The number of aromatic nitrogens is 1. The summed E-state index contributed by atoms with van der Waals surface area (Å²) in [6.45, 7) is 0. The lowest BCUT2D eigenvalue weighted by Gasteiger charge is -2.09. The number of carbonyl (C=O) groups excluding carboxylic acids is 2. The molecule has 0 atom stereocenters. The molecule has 0 bridgehead atoms. The summed E-state index contributed by atoms with van der Waals surface area (Å²) in [6.07, 6.45) is -3.16. The summed E-state index contributed by atoms with van der Waals surface area (Å²) >= 11 is 2.01. The van der Waals surface area contributed by atoms with E-state index in [0.717, 1.165) is 23.9 Å². The number of hydrogen-bond donors (Lipinski definition) is 2. The number of anilines is 2. The number of halogens is 3. The third-order valence-corrected chi connectivity index (χ3v) is 5.68. The number of thiazole rings is 1. The molecule has 0 radical (unpaired) electrons. The Morgan fingerprint density at radius 3 is 2.44 bits per heavy atom. The molecule has 0 aliphatic carbocycles. The smallest absolute Gasteiger partial charge is 0.325 e. The first-order valence-corrected chi connectivity index (χ1v) is 10.6. The third-order valence-electron chi connectivity index (χ3n) is 3.93. The molecular weight excluding hydrogens is 469 g/mol. The van der Waals surface area contributed by atoms with Crippen molar-refractivity contribution in [2.75, 3.05) is 16.4 Å². The summed E-state index contributed by atoms with van der Waals surface area (Å²) in [5.74, 6) is -1.16. The van der Waals surface area contributed by atoms with Crippen LogP contribution in [0.3, 0.4) is 0 Å². The number of thioether (sulfide) groups is 1. The van der Waals surface area contributed by atoms with Gasteiger partial charge in [0.25, 0.3) is 11.6 Å². The minimum atomic E-state index is -4.71. The Morgan fingerprint density at radius 1 is 1.12 bits per heavy atom. The topological polar surface area (TPSA) is 114 Å². The molecule has 13 heteroatoms. The van der Waals surface area contributed by atoms with E-state index >= 15 is 0 Å². The molecule has 0 saturated carbocycles. The highest BCUT2D eigenvalue weighted by atomic mass is 32.2. The first-order valence-electron chi connectivity index (χ1n) is 8.72. The lowest BCUT2D eigenvalue weighted by atomic mass is 10.2. The molecule has 2 aromatic carbocycles. The fourth-order valence-electron chi connectivity index (χ4n) is 2.46. The molecule has 0 aliphatic heterocycles. The van der Waals surface area contributed by atoms with Gasteiger partial charge in [-0.1, -0.05) is 0 Å². The van der Waals surface area contributed by atoms with Gasteiger partial charge in [0, 0.05) is 28.9 Å². The largest absolute Gasteiger partial charge is 0.416 e. The van der Waals surface area contributed by atoms with Gasteiger partial charge in [-0.2, -0.15) is 13.2 Å². The molecular formula is C19H13F3N4O4S2. The molecule has 3 rings (SSSR count). The van der Waals surface area contributed by atoms with E-state index < -0.39 is 28.3 Å². The predicted octanol–water partition coefficient (Wildman–Crippen LogP) is 5.05. The lowest BCUT2D eigenvalue weighted by molar-refractivity contribution is -0.388. The molecule has 0 unspecified atom stereocenters. The van der Waals surface area contributed by atoms with Crippen molar-refractivity contribution in [3.63, 3.8) is 0 Å². The lowest BCUT2D eigenvalue weighted by Crippen LogP contribution is -2.15. The predicted molar refractivity (Wildman–Crippen MR) is 114 cm³/mol. The van der Waals surface area contributed by atoms with Crippen molar-refractivity contribution < 1.29 is 27.7 Å². The SMILES string of the molecule is O=C(CSc1ccc(C(F)(F)F)cc1[N+](=O)[O-])Nc1ccc(C(=O)Nc2nccs2)cc1. The number of carbonyl (C=O) groups is 2. The summed E-state index contributed by atoms with van der Waals surface area (Å²) in [5, 5.41) is 18.4. The summed E-state index contributed by atoms with van der Waals surface area (Å²) in [5.41, 5.74) is -1.15. The summed E-state index contributed by atoms with van der Waals surface area (Å²) in [4.78, 5) is 38.3. The summed E-state index contributed by atoms with van der Waals surface area (Å²) in [6, 6.07) is 8.12. The van der Waals surface area contributed by atoms with Gasteiger partial charge in [-0.25, -0.2) is 4.98 Å². The van der Waals surface area contributed by atoms with Crippen molar-refractivity contribution in [1.29, 1.82) is 0 Å². The van der Waals surface area contributed by atoms with Gasteiger partial charge in [0.15, 0.2) is 5.13 Å². The van der Waals surface area contributed by atoms with Crippen molar-refractivity contribution in [2.24, 2.45) is 0 Å².